The Balaban J connectivity index is 2.43. The fourth-order valence-electron chi connectivity index (χ4n) is 1.55. The Morgan fingerprint density at radius 2 is 2.08 bits per heavy atom. The standard InChI is InChI=1S/C9H18N2O/c1-11(2)9(12)8-6-4-3-5-7-10-8/h8,10H,3-7H2,1-2H3. The number of carbonyl (C=O) groups excluding carboxylic acids is 1. The molecule has 1 aliphatic heterocycles. The SMILES string of the molecule is CN(C)C(=O)C1CCCCCN1. The summed E-state index contributed by atoms with van der Waals surface area (Å²) in [6.45, 7) is 0.990. The van der Waals surface area contributed by atoms with E-state index in [2.05, 4.69) is 5.32 Å². The van der Waals surface area contributed by atoms with E-state index < -0.39 is 0 Å². The second-order valence-electron chi connectivity index (χ2n) is 3.59. The van der Waals surface area contributed by atoms with E-state index in [1.54, 1.807) is 4.90 Å². The van der Waals surface area contributed by atoms with Gasteiger partial charge < -0.3 is 10.2 Å². The molecule has 1 heterocycles. The summed E-state index contributed by atoms with van der Waals surface area (Å²) in [7, 11) is 3.63. The van der Waals surface area contributed by atoms with Gasteiger partial charge in [0.25, 0.3) is 0 Å². The Morgan fingerprint density at radius 3 is 2.75 bits per heavy atom. The zero-order valence-corrected chi connectivity index (χ0v) is 7.97. The largest absolute Gasteiger partial charge is 0.347 e. The highest BCUT2D eigenvalue weighted by Gasteiger charge is 2.20. The van der Waals surface area contributed by atoms with Crippen molar-refractivity contribution in [3.05, 3.63) is 0 Å². The van der Waals surface area contributed by atoms with Crippen molar-refractivity contribution in [3.8, 4) is 0 Å². The summed E-state index contributed by atoms with van der Waals surface area (Å²) in [4.78, 5) is 13.2. The molecule has 3 heteroatoms. The van der Waals surface area contributed by atoms with Gasteiger partial charge in [0.05, 0.1) is 6.04 Å². The predicted molar refractivity (Wildman–Crippen MR) is 49.0 cm³/mol. The molecular formula is C9H18N2O. The van der Waals surface area contributed by atoms with Crippen LogP contribution in [-0.2, 0) is 4.79 Å². The summed E-state index contributed by atoms with van der Waals surface area (Å²) < 4.78 is 0. The molecule has 0 saturated carbocycles. The van der Waals surface area contributed by atoms with Gasteiger partial charge in [-0.05, 0) is 19.4 Å². The van der Waals surface area contributed by atoms with Crippen LogP contribution in [-0.4, -0.2) is 37.5 Å². The minimum absolute atomic E-state index is 0.0718. The molecule has 1 amide bonds. The van der Waals surface area contributed by atoms with Crippen molar-refractivity contribution in [3.63, 3.8) is 0 Å². The van der Waals surface area contributed by atoms with Crippen LogP contribution in [0.1, 0.15) is 25.7 Å². The van der Waals surface area contributed by atoms with E-state index >= 15 is 0 Å². The summed E-state index contributed by atoms with van der Waals surface area (Å²) in [5.74, 6) is 0.219. The number of hydrogen-bond donors (Lipinski definition) is 1. The highest BCUT2D eigenvalue weighted by Crippen LogP contribution is 2.09. The molecule has 3 nitrogen and oxygen atoms in total. The fraction of sp³-hybridized carbons (Fsp3) is 0.889. The third kappa shape index (κ3) is 2.48. The average Bonchev–Trinajstić information content (AvgIpc) is 2.30. The van der Waals surface area contributed by atoms with Gasteiger partial charge in [0.15, 0.2) is 0 Å². The molecular weight excluding hydrogens is 152 g/mol. The molecule has 1 fully saturated rings. The number of hydrogen-bond acceptors (Lipinski definition) is 2. The summed E-state index contributed by atoms with van der Waals surface area (Å²) >= 11 is 0. The highest BCUT2D eigenvalue weighted by molar-refractivity contribution is 5.81. The van der Waals surface area contributed by atoms with Crippen LogP contribution in [0.2, 0.25) is 0 Å². The Bertz CT molecular complexity index is 149. The lowest BCUT2D eigenvalue weighted by Crippen LogP contribution is -2.43. The smallest absolute Gasteiger partial charge is 0.239 e. The van der Waals surface area contributed by atoms with Gasteiger partial charge >= 0.3 is 0 Å². The number of nitrogens with one attached hydrogen (secondary N) is 1. The molecule has 1 aliphatic rings. The van der Waals surface area contributed by atoms with Crippen LogP contribution in [0.15, 0.2) is 0 Å². The number of rotatable bonds is 1. The lowest BCUT2D eigenvalue weighted by Gasteiger charge is -2.19. The van der Waals surface area contributed by atoms with Crippen LogP contribution in [0.3, 0.4) is 0 Å². The lowest BCUT2D eigenvalue weighted by atomic mass is 10.1. The highest BCUT2D eigenvalue weighted by atomic mass is 16.2. The van der Waals surface area contributed by atoms with Gasteiger partial charge in [-0.25, -0.2) is 0 Å². The van der Waals surface area contributed by atoms with E-state index in [1.165, 1.54) is 19.3 Å². The van der Waals surface area contributed by atoms with Gasteiger partial charge in [0.1, 0.15) is 0 Å². The molecule has 0 spiro atoms. The van der Waals surface area contributed by atoms with E-state index in [0.717, 1.165) is 13.0 Å². The number of carbonyl (C=O) groups is 1. The number of nitrogens with zero attached hydrogens (tertiary/aromatic N) is 1. The molecule has 0 aromatic carbocycles. The zero-order chi connectivity index (χ0) is 8.97. The van der Waals surface area contributed by atoms with Crippen LogP contribution in [0.25, 0.3) is 0 Å². The summed E-state index contributed by atoms with van der Waals surface area (Å²) in [6.07, 6.45) is 4.63. The lowest BCUT2D eigenvalue weighted by molar-refractivity contribution is -0.131. The third-order valence-corrected chi connectivity index (χ3v) is 2.30. The number of likely N-dealkylation sites (N-methyl/N-ethyl adjacent to an activating group) is 1. The van der Waals surface area contributed by atoms with E-state index in [9.17, 15) is 4.79 Å². The van der Waals surface area contributed by atoms with Crippen molar-refractivity contribution in [2.45, 2.75) is 31.7 Å². The zero-order valence-electron chi connectivity index (χ0n) is 7.97. The first kappa shape index (κ1) is 9.52. The number of amides is 1. The predicted octanol–water partition coefficient (Wildman–Crippen LogP) is 0.607. The maximum absolute atomic E-state index is 11.5. The minimum Gasteiger partial charge on any atom is -0.347 e. The van der Waals surface area contributed by atoms with Crippen LogP contribution < -0.4 is 5.32 Å². The van der Waals surface area contributed by atoms with Crippen molar-refractivity contribution in [1.29, 1.82) is 0 Å². The van der Waals surface area contributed by atoms with E-state index in [-0.39, 0.29) is 11.9 Å². The van der Waals surface area contributed by atoms with E-state index in [4.69, 9.17) is 0 Å². The molecule has 1 rings (SSSR count). The van der Waals surface area contributed by atoms with E-state index in [0.29, 0.717) is 0 Å². The molecule has 0 bridgehead atoms. The maximum atomic E-state index is 11.5. The van der Waals surface area contributed by atoms with Gasteiger partial charge in [-0.3, -0.25) is 4.79 Å². The first-order valence-electron chi connectivity index (χ1n) is 4.66. The van der Waals surface area contributed by atoms with Crippen LogP contribution in [0.4, 0.5) is 0 Å². The second-order valence-corrected chi connectivity index (χ2v) is 3.59. The van der Waals surface area contributed by atoms with Crippen LogP contribution in [0.5, 0.6) is 0 Å². The van der Waals surface area contributed by atoms with Gasteiger partial charge in [0.2, 0.25) is 5.91 Å². The summed E-state index contributed by atoms with van der Waals surface area (Å²) in [5.41, 5.74) is 0. The molecule has 70 valence electrons. The first-order chi connectivity index (χ1) is 5.72. The van der Waals surface area contributed by atoms with Crippen molar-refractivity contribution >= 4 is 5.91 Å². The average molecular weight is 170 g/mol. The van der Waals surface area contributed by atoms with Crippen LogP contribution >= 0.6 is 0 Å². The van der Waals surface area contributed by atoms with Gasteiger partial charge in [0, 0.05) is 14.1 Å². The fourth-order valence-corrected chi connectivity index (χ4v) is 1.55. The van der Waals surface area contributed by atoms with Crippen LogP contribution in [0, 0.1) is 0 Å². The van der Waals surface area contributed by atoms with Crippen molar-refractivity contribution < 1.29 is 4.79 Å². The van der Waals surface area contributed by atoms with Gasteiger partial charge in [-0.15, -0.1) is 0 Å². The first-order valence-corrected chi connectivity index (χ1v) is 4.66. The maximum Gasteiger partial charge on any atom is 0.239 e. The Hall–Kier alpha value is -0.570. The molecule has 1 saturated heterocycles. The van der Waals surface area contributed by atoms with Crippen molar-refractivity contribution in [2.24, 2.45) is 0 Å². The minimum atomic E-state index is 0.0718. The molecule has 1 unspecified atom stereocenters. The summed E-state index contributed by atoms with van der Waals surface area (Å²) in [5, 5.41) is 3.27. The monoisotopic (exact) mass is 170 g/mol. The quantitative estimate of drug-likeness (QED) is 0.625. The Labute approximate surface area is 74.1 Å². The molecule has 1 atom stereocenters. The van der Waals surface area contributed by atoms with E-state index in [1.807, 2.05) is 14.1 Å². The Kier molecular flexibility index (Phi) is 3.53. The topological polar surface area (TPSA) is 32.3 Å². The van der Waals surface area contributed by atoms with Crippen molar-refractivity contribution in [1.82, 2.24) is 10.2 Å². The molecule has 0 aromatic rings. The molecule has 1 N–H and O–H groups in total. The summed E-state index contributed by atoms with van der Waals surface area (Å²) in [6, 6.07) is 0.0718. The normalized spacial score (nSPS) is 24.7. The molecule has 12 heavy (non-hydrogen) atoms. The third-order valence-electron chi connectivity index (χ3n) is 2.30. The second kappa shape index (κ2) is 4.45. The molecule has 0 radical (unpaired) electrons. The molecule has 0 aromatic heterocycles. The Morgan fingerprint density at radius 1 is 1.33 bits per heavy atom. The molecule has 0 aliphatic carbocycles. The van der Waals surface area contributed by atoms with Crippen molar-refractivity contribution in [2.75, 3.05) is 20.6 Å². The van der Waals surface area contributed by atoms with Gasteiger partial charge in [-0.1, -0.05) is 12.8 Å². The van der Waals surface area contributed by atoms with Gasteiger partial charge in [-0.2, -0.15) is 0 Å².